The Bertz CT molecular complexity index is 1390. The second-order valence-corrected chi connectivity index (χ2v) is 11.7. The Hall–Kier alpha value is -3.63. The summed E-state index contributed by atoms with van der Waals surface area (Å²) in [6.45, 7) is 8.94. The minimum absolute atomic E-state index is 0.369. The van der Waals surface area contributed by atoms with Crippen LogP contribution in [-0.2, 0) is 10.1 Å². The van der Waals surface area contributed by atoms with E-state index in [2.05, 4.69) is 36.8 Å². The van der Waals surface area contributed by atoms with Crippen LogP contribution in [-0.4, -0.2) is 38.1 Å². The van der Waals surface area contributed by atoms with Gasteiger partial charge in [-0.3, -0.25) is 4.68 Å². The number of H-pyrrole nitrogens is 1. The zero-order chi connectivity index (χ0) is 23.1. The lowest BCUT2D eigenvalue weighted by Gasteiger charge is -2.16. The molecule has 0 bridgehead atoms. The summed E-state index contributed by atoms with van der Waals surface area (Å²) in [6.07, 6.45) is 3.57. The molecule has 0 atom stereocenters. The van der Waals surface area contributed by atoms with Crippen LogP contribution in [0.5, 0.6) is 0 Å². The van der Waals surface area contributed by atoms with Gasteiger partial charge >= 0.3 is 0 Å². The molecule has 3 aromatic heterocycles. The first-order valence-electron chi connectivity index (χ1n) is 10.1. The van der Waals surface area contributed by atoms with Gasteiger partial charge in [0.05, 0.1) is 34.7 Å². The molecular formula is C22H25N8OP. The van der Waals surface area contributed by atoms with Crippen LogP contribution in [0.3, 0.4) is 0 Å². The van der Waals surface area contributed by atoms with Gasteiger partial charge in [0.25, 0.3) is 0 Å². The van der Waals surface area contributed by atoms with Gasteiger partial charge in [0.15, 0.2) is 0 Å². The molecule has 10 heteroatoms. The van der Waals surface area contributed by atoms with Gasteiger partial charge in [-0.25, -0.2) is 0 Å². The van der Waals surface area contributed by atoms with Crippen LogP contribution in [0.25, 0.3) is 11.0 Å². The molecule has 0 aliphatic rings. The average Bonchev–Trinajstić information content (AvgIpc) is 3.35. The van der Waals surface area contributed by atoms with Crippen molar-refractivity contribution in [2.24, 2.45) is 0 Å². The predicted octanol–water partition coefficient (Wildman–Crippen LogP) is 4.46. The van der Waals surface area contributed by atoms with E-state index in [0.717, 1.165) is 22.1 Å². The molecule has 0 unspecified atom stereocenters. The maximum Gasteiger partial charge on any atom is 0.231 e. The van der Waals surface area contributed by atoms with Gasteiger partial charge in [-0.15, -0.1) is 0 Å². The number of para-hydroxylation sites is 1. The summed E-state index contributed by atoms with van der Waals surface area (Å²) in [5, 5.41) is 22.0. The Morgan fingerprint density at radius 1 is 1.12 bits per heavy atom. The van der Waals surface area contributed by atoms with Crippen molar-refractivity contribution >= 4 is 46.6 Å². The number of benzene rings is 1. The minimum Gasteiger partial charge on any atom is -0.346 e. The largest absolute Gasteiger partial charge is 0.346 e. The normalized spacial score (nSPS) is 12.0. The van der Waals surface area contributed by atoms with Crippen LogP contribution in [0, 0.1) is 18.3 Å². The third-order valence-corrected chi connectivity index (χ3v) is 6.69. The van der Waals surface area contributed by atoms with Crippen LogP contribution < -0.4 is 15.9 Å². The molecule has 32 heavy (non-hydrogen) atoms. The highest BCUT2D eigenvalue weighted by molar-refractivity contribution is 7.70. The lowest BCUT2D eigenvalue weighted by Crippen LogP contribution is -2.24. The van der Waals surface area contributed by atoms with Crippen molar-refractivity contribution in [3.63, 3.8) is 0 Å². The van der Waals surface area contributed by atoms with Gasteiger partial charge in [0, 0.05) is 11.5 Å². The Labute approximate surface area is 186 Å². The summed E-state index contributed by atoms with van der Waals surface area (Å²) < 4.78 is 14.4. The number of aryl methyl sites for hydroxylation is 1. The first kappa shape index (κ1) is 21.6. The van der Waals surface area contributed by atoms with E-state index in [1.165, 1.54) is 0 Å². The maximum atomic E-state index is 12.8. The van der Waals surface area contributed by atoms with Crippen molar-refractivity contribution in [3.8, 4) is 6.07 Å². The molecule has 0 spiro atoms. The molecule has 4 rings (SSSR count). The van der Waals surface area contributed by atoms with Gasteiger partial charge in [0.2, 0.25) is 5.95 Å². The van der Waals surface area contributed by atoms with E-state index in [0.29, 0.717) is 23.1 Å². The lowest BCUT2D eigenvalue weighted by molar-refractivity contribution is 0.416. The fourth-order valence-corrected chi connectivity index (χ4v) is 4.47. The van der Waals surface area contributed by atoms with E-state index in [1.807, 2.05) is 37.3 Å². The van der Waals surface area contributed by atoms with Gasteiger partial charge in [-0.1, -0.05) is 12.1 Å². The van der Waals surface area contributed by atoms with Crippen LogP contribution in [0.4, 0.5) is 23.1 Å². The fourth-order valence-electron chi connectivity index (χ4n) is 3.31. The fraction of sp³-hybridized carbons (Fsp3) is 0.273. The summed E-state index contributed by atoms with van der Waals surface area (Å²) in [6, 6.07) is 11.7. The number of nitriles is 1. The van der Waals surface area contributed by atoms with E-state index in [-0.39, 0.29) is 0 Å². The highest BCUT2D eigenvalue weighted by Crippen LogP contribution is 2.38. The average molecular weight is 448 g/mol. The summed E-state index contributed by atoms with van der Waals surface area (Å²) >= 11 is 0. The molecule has 3 heterocycles. The van der Waals surface area contributed by atoms with E-state index in [1.54, 1.807) is 44.3 Å². The summed E-state index contributed by atoms with van der Waals surface area (Å²) in [5.74, 6) is 0.954. The maximum absolute atomic E-state index is 12.8. The monoisotopic (exact) mass is 448 g/mol. The number of aromatic nitrogens is 5. The summed E-state index contributed by atoms with van der Waals surface area (Å²) in [5.41, 5.74) is 2.05. The summed E-state index contributed by atoms with van der Waals surface area (Å²) in [4.78, 5) is 12.4. The van der Waals surface area contributed by atoms with Gasteiger partial charge in [-0.2, -0.15) is 20.3 Å². The molecule has 0 saturated carbocycles. The predicted molar refractivity (Wildman–Crippen MR) is 128 cm³/mol. The number of aromatic amines is 1. The highest BCUT2D eigenvalue weighted by atomic mass is 31.2. The molecule has 3 N–H and O–H groups in total. The Morgan fingerprint density at radius 3 is 2.59 bits per heavy atom. The molecule has 0 fully saturated rings. The SMILES string of the molecule is Cc1nn(C(C)(C)C#N)cc1Nc1nc(Nc2ccccc2P(C)(C)=O)c2cc[nH]c2n1. The second-order valence-electron chi connectivity index (χ2n) is 8.50. The van der Waals surface area contributed by atoms with Crippen LogP contribution in [0.1, 0.15) is 19.5 Å². The van der Waals surface area contributed by atoms with Crippen molar-refractivity contribution in [1.82, 2.24) is 24.7 Å². The number of hydrogen-bond donors (Lipinski definition) is 3. The van der Waals surface area contributed by atoms with Crippen molar-refractivity contribution in [2.75, 3.05) is 24.0 Å². The second kappa shape index (κ2) is 7.81. The molecule has 9 nitrogen and oxygen atoms in total. The Balaban J connectivity index is 1.73. The molecule has 164 valence electrons. The van der Waals surface area contributed by atoms with E-state index in [4.69, 9.17) is 0 Å². The number of rotatable bonds is 6. The number of anilines is 4. The lowest BCUT2D eigenvalue weighted by atomic mass is 10.1. The Morgan fingerprint density at radius 2 is 1.88 bits per heavy atom. The molecule has 0 aliphatic carbocycles. The first-order valence-corrected chi connectivity index (χ1v) is 12.7. The molecule has 1 aromatic carbocycles. The zero-order valence-electron chi connectivity index (χ0n) is 18.6. The molecule has 4 aromatic rings. The number of nitrogens with one attached hydrogen (secondary N) is 3. The standard InChI is InChI=1S/C22H25N8OP/c1-14-17(12-30(29-14)22(2,3)13-23)26-21-27-19-15(10-11-24-19)20(28-21)25-16-8-6-7-9-18(16)32(4,5)31/h6-12H,1-5H3,(H3,24,25,26,27,28). The van der Waals surface area contributed by atoms with Crippen molar-refractivity contribution in [1.29, 1.82) is 5.26 Å². The molecule has 0 aliphatic heterocycles. The van der Waals surface area contributed by atoms with Gasteiger partial charge < -0.3 is 20.2 Å². The highest BCUT2D eigenvalue weighted by Gasteiger charge is 2.22. The molecule has 0 amide bonds. The number of fused-ring (bicyclic) bond motifs is 1. The number of hydrogen-bond acceptors (Lipinski definition) is 7. The molecule has 0 saturated heterocycles. The van der Waals surface area contributed by atoms with Crippen molar-refractivity contribution in [2.45, 2.75) is 26.3 Å². The molecular weight excluding hydrogens is 423 g/mol. The van der Waals surface area contributed by atoms with Crippen LogP contribution >= 0.6 is 7.14 Å². The van der Waals surface area contributed by atoms with Crippen LogP contribution in [0.15, 0.2) is 42.7 Å². The Kier molecular flexibility index (Phi) is 5.27. The zero-order valence-corrected chi connectivity index (χ0v) is 19.5. The summed E-state index contributed by atoms with van der Waals surface area (Å²) in [7, 11) is -2.49. The first-order chi connectivity index (χ1) is 15.1. The third-order valence-electron chi connectivity index (χ3n) is 5.14. The third kappa shape index (κ3) is 4.10. The van der Waals surface area contributed by atoms with Gasteiger partial charge in [-0.05, 0) is 52.3 Å². The van der Waals surface area contributed by atoms with Crippen molar-refractivity contribution < 1.29 is 4.57 Å². The molecule has 0 radical (unpaired) electrons. The van der Waals surface area contributed by atoms with E-state index < -0.39 is 12.7 Å². The topological polar surface area (TPSA) is 124 Å². The van der Waals surface area contributed by atoms with Crippen molar-refractivity contribution in [3.05, 3.63) is 48.4 Å². The van der Waals surface area contributed by atoms with Crippen LogP contribution in [0.2, 0.25) is 0 Å². The van der Waals surface area contributed by atoms with E-state index in [9.17, 15) is 9.83 Å². The minimum atomic E-state index is -2.49. The smallest absolute Gasteiger partial charge is 0.231 e. The van der Waals surface area contributed by atoms with Gasteiger partial charge in [0.1, 0.15) is 24.1 Å². The quantitative estimate of drug-likeness (QED) is 0.372. The number of nitrogens with zero attached hydrogens (tertiary/aromatic N) is 5. The van der Waals surface area contributed by atoms with E-state index >= 15 is 0 Å².